The molecule has 0 saturated carbocycles. The zero-order chi connectivity index (χ0) is 21.4. The second-order valence-corrected chi connectivity index (χ2v) is 8.17. The number of aliphatic carboxylic acids is 1. The van der Waals surface area contributed by atoms with Crippen LogP contribution in [0.4, 0.5) is 5.69 Å². The van der Waals surface area contributed by atoms with Crippen LogP contribution in [0.3, 0.4) is 0 Å². The molecule has 2 aliphatic rings. The van der Waals surface area contributed by atoms with Crippen molar-refractivity contribution in [3.8, 4) is 11.5 Å². The number of anilines is 1. The van der Waals surface area contributed by atoms with Gasteiger partial charge < -0.3 is 24.2 Å². The average molecular weight is 432 g/mol. The molecule has 0 bridgehead atoms. The number of fused-ring (bicyclic) bond motifs is 2. The fourth-order valence-electron chi connectivity index (χ4n) is 3.82. The van der Waals surface area contributed by atoms with E-state index in [1.807, 2.05) is 19.9 Å². The maximum atomic E-state index is 13.3. The summed E-state index contributed by atoms with van der Waals surface area (Å²) in [7, 11) is 0. The van der Waals surface area contributed by atoms with Gasteiger partial charge in [-0.15, -0.1) is 0 Å². The number of para-hydroxylation sites is 1. The number of carboxylic acid groups (broad SMARTS) is 1. The summed E-state index contributed by atoms with van der Waals surface area (Å²) >= 11 is 6.30. The summed E-state index contributed by atoms with van der Waals surface area (Å²) in [5, 5.41) is 9.89. The molecular formula is C22H22ClNO6. The lowest BCUT2D eigenvalue weighted by Gasteiger charge is -2.26. The molecule has 0 aromatic heterocycles. The minimum absolute atomic E-state index is 0.0818. The number of ether oxygens (including phenoxy) is 3. The van der Waals surface area contributed by atoms with Gasteiger partial charge in [-0.3, -0.25) is 9.59 Å². The second-order valence-electron chi connectivity index (χ2n) is 7.73. The largest absolute Gasteiger partial charge is 0.481 e. The lowest BCUT2D eigenvalue weighted by molar-refractivity contribution is -0.147. The van der Waals surface area contributed by atoms with Crippen molar-refractivity contribution in [3.63, 3.8) is 0 Å². The fraction of sp³-hybridized carbons (Fsp3) is 0.364. The molecule has 2 heterocycles. The van der Waals surface area contributed by atoms with Crippen molar-refractivity contribution in [2.45, 2.75) is 32.5 Å². The zero-order valence-corrected chi connectivity index (χ0v) is 17.4. The number of nitrogens with zero attached hydrogens (tertiary/aromatic N) is 1. The molecule has 158 valence electrons. The van der Waals surface area contributed by atoms with Crippen LogP contribution >= 0.6 is 11.6 Å². The van der Waals surface area contributed by atoms with Crippen molar-refractivity contribution < 1.29 is 28.9 Å². The number of benzene rings is 2. The molecule has 2 aromatic carbocycles. The third-order valence-electron chi connectivity index (χ3n) is 5.02. The van der Waals surface area contributed by atoms with Gasteiger partial charge >= 0.3 is 5.97 Å². The van der Waals surface area contributed by atoms with Crippen molar-refractivity contribution in [2.75, 3.05) is 18.2 Å². The van der Waals surface area contributed by atoms with Crippen LogP contribution in [0, 0.1) is 5.92 Å². The second kappa shape index (κ2) is 8.16. The van der Waals surface area contributed by atoms with Crippen LogP contribution in [0.25, 0.3) is 0 Å². The van der Waals surface area contributed by atoms with Gasteiger partial charge in [0.2, 0.25) is 6.79 Å². The van der Waals surface area contributed by atoms with Gasteiger partial charge in [-0.2, -0.15) is 0 Å². The van der Waals surface area contributed by atoms with Gasteiger partial charge in [0.05, 0.1) is 6.42 Å². The number of carbonyl (C=O) groups is 2. The Labute approximate surface area is 179 Å². The van der Waals surface area contributed by atoms with Gasteiger partial charge in [0.1, 0.15) is 12.2 Å². The van der Waals surface area contributed by atoms with Crippen LogP contribution in [0.1, 0.15) is 37.5 Å². The van der Waals surface area contributed by atoms with Crippen molar-refractivity contribution in [2.24, 2.45) is 5.92 Å². The van der Waals surface area contributed by atoms with Crippen LogP contribution in [-0.2, 0) is 14.3 Å². The summed E-state index contributed by atoms with van der Waals surface area (Å²) in [5.74, 6) is -0.242. The van der Waals surface area contributed by atoms with Gasteiger partial charge in [-0.05, 0) is 30.2 Å². The van der Waals surface area contributed by atoms with Crippen molar-refractivity contribution in [1.29, 1.82) is 0 Å². The number of rotatable bonds is 5. The first-order valence-corrected chi connectivity index (χ1v) is 10.1. The van der Waals surface area contributed by atoms with Crippen LogP contribution in [0.15, 0.2) is 36.4 Å². The Bertz CT molecular complexity index is 992. The Morgan fingerprint density at radius 1 is 1.23 bits per heavy atom. The van der Waals surface area contributed by atoms with E-state index in [4.69, 9.17) is 25.8 Å². The normalized spacial score (nSPS) is 20.3. The molecule has 0 aliphatic carbocycles. The van der Waals surface area contributed by atoms with Crippen molar-refractivity contribution in [3.05, 3.63) is 52.5 Å². The van der Waals surface area contributed by atoms with Gasteiger partial charge in [0, 0.05) is 28.4 Å². The van der Waals surface area contributed by atoms with Crippen molar-refractivity contribution in [1.82, 2.24) is 0 Å². The summed E-state index contributed by atoms with van der Waals surface area (Å²) in [6.45, 7) is 4.49. The molecule has 0 spiro atoms. The molecule has 7 nitrogen and oxygen atoms in total. The zero-order valence-electron chi connectivity index (χ0n) is 16.6. The Kier molecular flexibility index (Phi) is 5.58. The molecule has 0 fully saturated rings. The van der Waals surface area contributed by atoms with E-state index in [1.165, 1.54) is 0 Å². The van der Waals surface area contributed by atoms with E-state index in [9.17, 15) is 14.7 Å². The first-order chi connectivity index (χ1) is 14.3. The van der Waals surface area contributed by atoms with E-state index in [2.05, 4.69) is 0 Å². The molecule has 0 saturated heterocycles. The number of hydrogen-bond acceptors (Lipinski definition) is 5. The first-order valence-electron chi connectivity index (χ1n) is 9.71. The summed E-state index contributed by atoms with van der Waals surface area (Å²) in [5.41, 5.74) is 1.98. The van der Waals surface area contributed by atoms with E-state index in [0.29, 0.717) is 39.9 Å². The lowest BCUT2D eigenvalue weighted by Crippen LogP contribution is -2.42. The number of carbonyl (C=O) groups excluding carboxylic acids is 1. The van der Waals surface area contributed by atoms with E-state index in [-0.39, 0.29) is 18.6 Å². The number of carboxylic acids is 1. The van der Waals surface area contributed by atoms with E-state index in [1.54, 1.807) is 35.2 Å². The molecule has 30 heavy (non-hydrogen) atoms. The van der Waals surface area contributed by atoms with Crippen LogP contribution in [0.5, 0.6) is 11.5 Å². The topological polar surface area (TPSA) is 85.3 Å². The van der Waals surface area contributed by atoms with Crippen LogP contribution in [-0.4, -0.2) is 36.4 Å². The smallest absolute Gasteiger partial charge is 0.306 e. The van der Waals surface area contributed by atoms with E-state index < -0.39 is 24.6 Å². The molecule has 0 unspecified atom stereocenters. The fourth-order valence-corrected chi connectivity index (χ4v) is 4.00. The van der Waals surface area contributed by atoms with Gasteiger partial charge in [0.15, 0.2) is 11.5 Å². The molecule has 1 N–H and O–H groups in total. The third kappa shape index (κ3) is 3.82. The molecule has 0 radical (unpaired) electrons. The molecule has 2 aliphatic heterocycles. The number of halogens is 1. The highest BCUT2D eigenvalue weighted by atomic mass is 35.5. The molecule has 8 heteroatoms. The average Bonchev–Trinajstić information content (AvgIpc) is 3.14. The molecule has 2 atom stereocenters. The van der Waals surface area contributed by atoms with Gasteiger partial charge in [-0.1, -0.05) is 37.6 Å². The first kappa shape index (κ1) is 20.5. The monoisotopic (exact) mass is 431 g/mol. The summed E-state index contributed by atoms with van der Waals surface area (Å²) in [4.78, 5) is 26.4. The van der Waals surface area contributed by atoms with E-state index in [0.717, 1.165) is 0 Å². The van der Waals surface area contributed by atoms with Crippen molar-refractivity contribution >= 4 is 29.2 Å². The number of hydrogen-bond donors (Lipinski definition) is 1. The highest BCUT2D eigenvalue weighted by Crippen LogP contribution is 2.46. The maximum Gasteiger partial charge on any atom is 0.306 e. The summed E-state index contributed by atoms with van der Waals surface area (Å²) in [6, 6.07) is 10.7. The Balaban J connectivity index is 1.90. The molecule has 4 rings (SSSR count). The molecule has 1 amide bonds. The standard InChI is InChI=1S/C22H22ClNO6/c1-12(2)10-24-16-7-6-13(23)8-15(16)20(30-18(22(24)27)9-19(25)26)14-4-3-5-17-21(14)29-11-28-17/h3-8,12,18,20H,9-11H2,1-2H3,(H,25,26)/t18-,20-/m1/s1. The Hall–Kier alpha value is -2.77. The SMILES string of the molecule is CC(C)CN1C(=O)[C@@H](CC(=O)O)O[C@H](c2cccc3c2OCO3)c2cc(Cl)ccc21. The van der Waals surface area contributed by atoms with Gasteiger partial charge in [-0.25, -0.2) is 0 Å². The highest BCUT2D eigenvalue weighted by molar-refractivity contribution is 6.30. The van der Waals surface area contributed by atoms with Crippen LogP contribution < -0.4 is 14.4 Å². The minimum Gasteiger partial charge on any atom is -0.481 e. The Morgan fingerprint density at radius 3 is 2.77 bits per heavy atom. The van der Waals surface area contributed by atoms with E-state index >= 15 is 0 Å². The summed E-state index contributed by atoms with van der Waals surface area (Å²) in [6.07, 6.45) is -2.35. The maximum absolute atomic E-state index is 13.3. The lowest BCUT2D eigenvalue weighted by atomic mass is 9.98. The predicted octanol–water partition coefficient (Wildman–Crippen LogP) is 4.02. The summed E-state index contributed by atoms with van der Waals surface area (Å²) < 4.78 is 17.3. The predicted molar refractivity (Wildman–Crippen MR) is 110 cm³/mol. The molecule has 2 aromatic rings. The quantitative estimate of drug-likeness (QED) is 0.769. The third-order valence-corrected chi connectivity index (χ3v) is 5.26. The molecular weight excluding hydrogens is 410 g/mol. The Morgan fingerprint density at radius 2 is 2.03 bits per heavy atom. The highest BCUT2D eigenvalue weighted by Gasteiger charge is 2.39. The number of amides is 1. The minimum atomic E-state index is -1.16. The van der Waals surface area contributed by atoms with Gasteiger partial charge in [0.25, 0.3) is 5.91 Å². The van der Waals surface area contributed by atoms with Crippen LogP contribution in [0.2, 0.25) is 5.02 Å².